The summed E-state index contributed by atoms with van der Waals surface area (Å²) in [6, 6.07) is 0. The monoisotopic (exact) mass is 691 g/mol. The van der Waals surface area contributed by atoms with Crippen LogP contribution in [0.4, 0.5) is 0 Å². The van der Waals surface area contributed by atoms with Crippen LogP contribution < -0.4 is 0 Å². The fourth-order valence-corrected chi connectivity index (χ4v) is 12.2. The Bertz CT molecular complexity index is 1170. The Kier molecular flexibility index (Phi) is 15.4. The molecule has 50 heavy (non-hydrogen) atoms. The highest BCUT2D eigenvalue weighted by atomic mass is 16.5. The fraction of sp³-hybridized carbons (Fsp3) is 0.854. The van der Waals surface area contributed by atoms with Crippen molar-refractivity contribution in [3.8, 4) is 0 Å². The highest BCUT2D eigenvalue weighted by Gasteiger charge is 2.63. The molecule has 7 unspecified atom stereocenters. The van der Waals surface area contributed by atoms with Crippen molar-refractivity contribution in [2.24, 2.45) is 39.4 Å². The molecule has 2 fully saturated rings. The number of allylic oxidation sites excluding steroid dienone is 6. The lowest BCUT2D eigenvalue weighted by atomic mass is 9.43. The molecular formula is C48H82O2. The van der Waals surface area contributed by atoms with Gasteiger partial charge in [-0.05, 0) is 144 Å². The van der Waals surface area contributed by atoms with Crippen molar-refractivity contribution in [1.82, 2.24) is 0 Å². The highest BCUT2D eigenvalue weighted by molar-refractivity contribution is 5.69. The Labute approximate surface area is 311 Å². The number of ether oxygens (including phenoxy) is 1. The first kappa shape index (κ1) is 41.4. The van der Waals surface area contributed by atoms with Gasteiger partial charge in [-0.25, -0.2) is 0 Å². The summed E-state index contributed by atoms with van der Waals surface area (Å²) in [6.45, 7) is 22.2. The first-order valence-electron chi connectivity index (χ1n) is 22.0. The maximum absolute atomic E-state index is 13.1. The molecule has 286 valence electrons. The third-order valence-corrected chi connectivity index (χ3v) is 15.5. The summed E-state index contributed by atoms with van der Waals surface area (Å²) in [5, 5.41) is 0. The normalized spacial score (nSPS) is 32.4. The van der Waals surface area contributed by atoms with Gasteiger partial charge in [-0.15, -0.1) is 0 Å². The van der Waals surface area contributed by atoms with Crippen molar-refractivity contribution in [2.45, 2.75) is 223 Å². The number of hydrogen-bond donors (Lipinski definition) is 0. The quantitative estimate of drug-likeness (QED) is 0.0722. The average molecular weight is 691 g/mol. The number of hydrogen-bond acceptors (Lipinski definition) is 2. The number of carbonyl (C=O) groups is 1. The van der Waals surface area contributed by atoms with Crippen LogP contribution in [0.2, 0.25) is 0 Å². The van der Waals surface area contributed by atoms with E-state index in [2.05, 4.69) is 80.5 Å². The molecule has 0 radical (unpaired) electrons. The molecule has 0 spiro atoms. The van der Waals surface area contributed by atoms with E-state index in [0.717, 1.165) is 31.1 Å². The van der Waals surface area contributed by atoms with Crippen LogP contribution >= 0.6 is 0 Å². The van der Waals surface area contributed by atoms with Crippen molar-refractivity contribution in [2.75, 3.05) is 0 Å². The van der Waals surface area contributed by atoms with Gasteiger partial charge in [0.1, 0.15) is 6.10 Å². The summed E-state index contributed by atoms with van der Waals surface area (Å²) in [7, 11) is 0. The van der Waals surface area contributed by atoms with Gasteiger partial charge in [0.05, 0.1) is 0 Å². The topological polar surface area (TPSA) is 26.3 Å². The van der Waals surface area contributed by atoms with Crippen molar-refractivity contribution >= 4 is 5.97 Å². The van der Waals surface area contributed by atoms with Gasteiger partial charge in [0.15, 0.2) is 0 Å². The summed E-state index contributed by atoms with van der Waals surface area (Å²) in [5.74, 6) is 2.28. The molecule has 0 bridgehead atoms. The minimum Gasteiger partial charge on any atom is -0.462 e. The molecule has 0 aromatic heterocycles. The Morgan fingerprint density at radius 3 is 2.06 bits per heavy atom. The van der Waals surface area contributed by atoms with Crippen LogP contribution in [0.15, 0.2) is 34.9 Å². The number of fused-ring (bicyclic) bond motifs is 4. The summed E-state index contributed by atoms with van der Waals surface area (Å²) < 4.78 is 6.38. The van der Waals surface area contributed by atoms with Gasteiger partial charge in [0.2, 0.25) is 0 Å². The third kappa shape index (κ3) is 9.43. The molecule has 0 aromatic rings. The SMILES string of the molecule is CCCCCCCCC=CCCCCCCCC(=O)OC1CCC2(C)C3=C(CCC2C1(C)C)C1(C)CCC(C(C)CCC=C(C)C)C1(C)CC3. The van der Waals surface area contributed by atoms with Crippen molar-refractivity contribution < 1.29 is 9.53 Å². The summed E-state index contributed by atoms with van der Waals surface area (Å²) >= 11 is 0. The molecule has 0 aliphatic heterocycles. The molecule has 4 aliphatic rings. The Hall–Kier alpha value is -1.31. The van der Waals surface area contributed by atoms with Gasteiger partial charge >= 0.3 is 5.97 Å². The molecule has 0 heterocycles. The summed E-state index contributed by atoms with van der Waals surface area (Å²) in [5.41, 5.74) is 6.22. The van der Waals surface area contributed by atoms with E-state index >= 15 is 0 Å². The van der Waals surface area contributed by atoms with Crippen LogP contribution in [0.25, 0.3) is 0 Å². The number of rotatable bonds is 20. The fourth-order valence-electron chi connectivity index (χ4n) is 12.2. The lowest BCUT2D eigenvalue weighted by Crippen LogP contribution is -2.55. The molecule has 0 aromatic carbocycles. The standard InChI is InChI=1S/C48H82O2/c1-10-11-12-13-14-15-16-17-18-19-20-21-22-23-24-28-44(49)50-43-33-34-46(7)40-32-36-47(8)39(38(4)27-25-26-37(2)3)31-35-48(47,9)41(40)29-30-42(46)45(43,5)6/h17-18,26,38-39,42-43H,10-16,19-25,27-36H2,1-9H3. The van der Waals surface area contributed by atoms with E-state index in [1.165, 1.54) is 134 Å². The van der Waals surface area contributed by atoms with Crippen molar-refractivity contribution in [3.05, 3.63) is 34.9 Å². The molecule has 0 N–H and O–H groups in total. The van der Waals surface area contributed by atoms with Crippen LogP contribution in [0.3, 0.4) is 0 Å². The predicted molar refractivity (Wildman–Crippen MR) is 216 cm³/mol. The molecule has 0 saturated heterocycles. The Balaban J connectivity index is 1.22. The zero-order chi connectivity index (χ0) is 36.4. The van der Waals surface area contributed by atoms with Gasteiger partial charge < -0.3 is 4.74 Å². The van der Waals surface area contributed by atoms with Crippen LogP contribution in [0.5, 0.6) is 0 Å². The van der Waals surface area contributed by atoms with E-state index in [4.69, 9.17) is 4.74 Å². The van der Waals surface area contributed by atoms with E-state index in [9.17, 15) is 4.79 Å². The van der Waals surface area contributed by atoms with Crippen LogP contribution in [-0.4, -0.2) is 12.1 Å². The maximum Gasteiger partial charge on any atom is 0.306 e. The van der Waals surface area contributed by atoms with E-state index in [-0.39, 0.29) is 22.9 Å². The van der Waals surface area contributed by atoms with Crippen LogP contribution in [-0.2, 0) is 9.53 Å². The predicted octanol–water partition coefficient (Wildman–Crippen LogP) is 15.1. The van der Waals surface area contributed by atoms with Crippen LogP contribution in [0.1, 0.15) is 216 Å². The molecule has 2 heteroatoms. The summed E-state index contributed by atoms with van der Waals surface area (Å²) in [4.78, 5) is 13.1. The second kappa shape index (κ2) is 18.6. The number of esters is 1. The van der Waals surface area contributed by atoms with Crippen molar-refractivity contribution in [3.63, 3.8) is 0 Å². The van der Waals surface area contributed by atoms with E-state index in [1.54, 1.807) is 0 Å². The molecule has 2 saturated carbocycles. The van der Waals surface area contributed by atoms with Gasteiger partial charge in [-0.2, -0.15) is 0 Å². The van der Waals surface area contributed by atoms with E-state index in [1.807, 2.05) is 11.1 Å². The van der Waals surface area contributed by atoms with Crippen LogP contribution in [0, 0.1) is 39.4 Å². The summed E-state index contributed by atoms with van der Waals surface area (Å²) in [6.07, 6.45) is 37.3. The second-order valence-electron chi connectivity index (χ2n) is 19.4. The molecule has 7 atom stereocenters. The number of carbonyl (C=O) groups excluding carboxylic acids is 1. The largest absolute Gasteiger partial charge is 0.462 e. The second-order valence-corrected chi connectivity index (χ2v) is 19.4. The van der Waals surface area contributed by atoms with Gasteiger partial charge in [0, 0.05) is 11.8 Å². The Morgan fingerprint density at radius 1 is 0.760 bits per heavy atom. The zero-order valence-corrected chi connectivity index (χ0v) is 34.8. The minimum atomic E-state index is 0.0169. The average Bonchev–Trinajstić information content (AvgIpc) is 3.35. The zero-order valence-electron chi connectivity index (χ0n) is 34.8. The smallest absolute Gasteiger partial charge is 0.306 e. The number of unbranched alkanes of at least 4 members (excludes halogenated alkanes) is 11. The first-order chi connectivity index (χ1) is 23.8. The third-order valence-electron chi connectivity index (χ3n) is 15.5. The minimum absolute atomic E-state index is 0.0169. The first-order valence-corrected chi connectivity index (χ1v) is 22.0. The van der Waals surface area contributed by atoms with Gasteiger partial charge in [0.25, 0.3) is 0 Å². The molecule has 0 amide bonds. The molecular weight excluding hydrogens is 609 g/mol. The lowest BCUT2D eigenvalue weighted by molar-refractivity contribution is -0.170. The Morgan fingerprint density at radius 2 is 1.40 bits per heavy atom. The van der Waals surface area contributed by atoms with E-state index in [0.29, 0.717) is 23.2 Å². The highest BCUT2D eigenvalue weighted by Crippen LogP contribution is 2.72. The lowest BCUT2D eigenvalue weighted by Gasteiger charge is -2.62. The van der Waals surface area contributed by atoms with Crippen molar-refractivity contribution in [1.29, 1.82) is 0 Å². The molecule has 4 aliphatic carbocycles. The van der Waals surface area contributed by atoms with E-state index < -0.39 is 0 Å². The maximum atomic E-state index is 13.1. The van der Waals surface area contributed by atoms with Gasteiger partial charge in [-0.1, -0.05) is 135 Å². The molecule has 4 rings (SSSR count). The molecule has 2 nitrogen and oxygen atoms in total. The van der Waals surface area contributed by atoms with Gasteiger partial charge in [-0.3, -0.25) is 4.79 Å².